The van der Waals surface area contributed by atoms with Gasteiger partial charge in [-0.25, -0.2) is 0 Å². The van der Waals surface area contributed by atoms with Crippen LogP contribution in [-0.2, 0) is 0 Å². The van der Waals surface area contributed by atoms with Crippen molar-refractivity contribution in [1.82, 2.24) is 10.2 Å². The van der Waals surface area contributed by atoms with E-state index in [1.165, 1.54) is 0 Å². The second-order valence-electron chi connectivity index (χ2n) is 3.60. The molecule has 0 unspecified atom stereocenters. The molecule has 0 saturated carbocycles. The molecular weight excluding hydrogens is 220 g/mol. The van der Waals surface area contributed by atoms with Crippen LogP contribution in [0.1, 0.15) is 0 Å². The van der Waals surface area contributed by atoms with Gasteiger partial charge in [-0.15, -0.1) is 0 Å². The Bertz CT molecular complexity index is 629. The van der Waals surface area contributed by atoms with Gasteiger partial charge in [0.25, 0.3) is 0 Å². The third kappa shape index (κ3) is 1.39. The molecule has 0 aliphatic heterocycles. The van der Waals surface area contributed by atoms with Crippen LogP contribution >= 0.6 is 11.6 Å². The zero-order valence-corrected chi connectivity index (χ0v) is 9.20. The number of aromatic nitrogens is 2. The first kappa shape index (κ1) is 9.43. The fourth-order valence-corrected chi connectivity index (χ4v) is 2.10. The van der Waals surface area contributed by atoms with E-state index in [9.17, 15) is 0 Å². The molecule has 0 atom stereocenters. The average Bonchev–Trinajstić information content (AvgIpc) is 2.75. The number of fused-ring (bicyclic) bond motifs is 1. The van der Waals surface area contributed by atoms with Gasteiger partial charge in [-0.2, -0.15) is 5.10 Å². The molecule has 78 valence electrons. The molecule has 0 radical (unpaired) electrons. The first-order valence-corrected chi connectivity index (χ1v) is 5.42. The van der Waals surface area contributed by atoms with Crippen LogP contribution in [-0.4, -0.2) is 10.2 Å². The molecule has 3 rings (SSSR count). The Balaban J connectivity index is 2.33. The molecule has 1 N–H and O–H groups in total. The maximum atomic E-state index is 6.19. The van der Waals surface area contributed by atoms with Crippen LogP contribution in [0.2, 0.25) is 5.02 Å². The molecule has 0 amide bonds. The Morgan fingerprint density at radius 3 is 2.56 bits per heavy atom. The molecule has 1 heterocycles. The second-order valence-corrected chi connectivity index (χ2v) is 4.01. The van der Waals surface area contributed by atoms with Crippen molar-refractivity contribution in [3.05, 3.63) is 53.6 Å². The lowest BCUT2D eigenvalue weighted by Crippen LogP contribution is -1.78. The standard InChI is InChI=1S/C13H9ClN2/c14-10-7-4-8-11-12(10)13(16-15-11)9-5-2-1-3-6-9/h1-8H,(H,15,16). The topological polar surface area (TPSA) is 28.7 Å². The van der Waals surface area contributed by atoms with Gasteiger partial charge in [0, 0.05) is 10.9 Å². The maximum absolute atomic E-state index is 6.19. The summed E-state index contributed by atoms with van der Waals surface area (Å²) in [6, 6.07) is 15.8. The summed E-state index contributed by atoms with van der Waals surface area (Å²) < 4.78 is 0. The Morgan fingerprint density at radius 2 is 1.75 bits per heavy atom. The molecule has 0 aliphatic rings. The summed E-state index contributed by atoms with van der Waals surface area (Å²) in [5, 5.41) is 9.02. The minimum atomic E-state index is 0.727. The van der Waals surface area contributed by atoms with Crippen molar-refractivity contribution in [2.45, 2.75) is 0 Å². The Hall–Kier alpha value is -1.80. The average molecular weight is 229 g/mol. The van der Waals surface area contributed by atoms with Crippen molar-refractivity contribution in [1.29, 1.82) is 0 Å². The molecule has 16 heavy (non-hydrogen) atoms. The van der Waals surface area contributed by atoms with Gasteiger partial charge in [-0.3, -0.25) is 5.10 Å². The monoisotopic (exact) mass is 228 g/mol. The van der Waals surface area contributed by atoms with Crippen LogP contribution in [0.15, 0.2) is 48.5 Å². The Kier molecular flexibility index (Phi) is 2.15. The molecule has 2 nitrogen and oxygen atoms in total. The molecule has 0 saturated heterocycles. The van der Waals surface area contributed by atoms with Gasteiger partial charge in [-0.05, 0) is 12.1 Å². The second kappa shape index (κ2) is 3.65. The fourth-order valence-electron chi connectivity index (χ4n) is 1.83. The summed E-state index contributed by atoms with van der Waals surface area (Å²) >= 11 is 6.19. The van der Waals surface area contributed by atoms with Gasteiger partial charge < -0.3 is 0 Å². The predicted molar refractivity (Wildman–Crippen MR) is 66.5 cm³/mol. The van der Waals surface area contributed by atoms with Gasteiger partial charge in [0.05, 0.1) is 10.5 Å². The van der Waals surface area contributed by atoms with Crippen molar-refractivity contribution in [3.63, 3.8) is 0 Å². The lowest BCUT2D eigenvalue weighted by Gasteiger charge is -1.98. The zero-order chi connectivity index (χ0) is 11.0. The maximum Gasteiger partial charge on any atom is 0.101 e. The molecule has 1 aromatic heterocycles. The molecule has 2 aromatic carbocycles. The van der Waals surface area contributed by atoms with E-state index in [2.05, 4.69) is 10.2 Å². The SMILES string of the molecule is Clc1cccc2[nH]nc(-c3ccccc3)c12. The number of benzene rings is 2. The van der Waals surface area contributed by atoms with Crippen molar-refractivity contribution in [3.8, 4) is 11.3 Å². The van der Waals surface area contributed by atoms with Gasteiger partial charge in [-0.1, -0.05) is 48.0 Å². The minimum Gasteiger partial charge on any atom is -0.277 e. The predicted octanol–water partition coefficient (Wildman–Crippen LogP) is 3.88. The number of H-pyrrole nitrogens is 1. The smallest absolute Gasteiger partial charge is 0.101 e. The summed E-state index contributed by atoms with van der Waals surface area (Å²) in [6.07, 6.45) is 0. The van der Waals surface area contributed by atoms with Crippen molar-refractivity contribution >= 4 is 22.5 Å². The van der Waals surface area contributed by atoms with E-state index in [0.717, 1.165) is 27.2 Å². The summed E-state index contributed by atoms with van der Waals surface area (Å²) in [5.74, 6) is 0. The van der Waals surface area contributed by atoms with Crippen molar-refractivity contribution in [2.75, 3.05) is 0 Å². The highest BCUT2D eigenvalue weighted by molar-refractivity contribution is 6.36. The number of hydrogen-bond donors (Lipinski definition) is 1. The summed E-state index contributed by atoms with van der Waals surface area (Å²) in [7, 11) is 0. The lowest BCUT2D eigenvalue weighted by molar-refractivity contribution is 1.12. The quantitative estimate of drug-likeness (QED) is 0.673. The van der Waals surface area contributed by atoms with Gasteiger partial charge in [0.2, 0.25) is 0 Å². The number of aromatic amines is 1. The van der Waals surface area contributed by atoms with E-state index in [1.54, 1.807) is 0 Å². The molecular formula is C13H9ClN2. The number of halogens is 1. The number of nitrogens with one attached hydrogen (secondary N) is 1. The highest BCUT2D eigenvalue weighted by Crippen LogP contribution is 2.31. The molecule has 0 fully saturated rings. The number of rotatable bonds is 1. The van der Waals surface area contributed by atoms with E-state index in [-0.39, 0.29) is 0 Å². The van der Waals surface area contributed by atoms with Crippen LogP contribution in [0, 0.1) is 0 Å². The fraction of sp³-hybridized carbons (Fsp3) is 0. The van der Waals surface area contributed by atoms with E-state index >= 15 is 0 Å². The first-order chi connectivity index (χ1) is 7.86. The van der Waals surface area contributed by atoms with E-state index in [0.29, 0.717) is 0 Å². The normalized spacial score (nSPS) is 10.8. The summed E-state index contributed by atoms with van der Waals surface area (Å²) in [4.78, 5) is 0. The van der Waals surface area contributed by atoms with Crippen LogP contribution in [0.5, 0.6) is 0 Å². The van der Waals surface area contributed by atoms with E-state index in [1.807, 2.05) is 48.5 Å². The minimum absolute atomic E-state index is 0.727. The van der Waals surface area contributed by atoms with E-state index < -0.39 is 0 Å². The van der Waals surface area contributed by atoms with Gasteiger partial charge >= 0.3 is 0 Å². The third-order valence-electron chi connectivity index (χ3n) is 2.59. The van der Waals surface area contributed by atoms with Crippen LogP contribution in [0.4, 0.5) is 0 Å². The van der Waals surface area contributed by atoms with Crippen molar-refractivity contribution < 1.29 is 0 Å². The lowest BCUT2D eigenvalue weighted by atomic mass is 10.1. The van der Waals surface area contributed by atoms with Crippen LogP contribution < -0.4 is 0 Å². The molecule has 0 bridgehead atoms. The number of nitrogens with zero attached hydrogens (tertiary/aromatic N) is 1. The van der Waals surface area contributed by atoms with Gasteiger partial charge in [0.1, 0.15) is 5.69 Å². The first-order valence-electron chi connectivity index (χ1n) is 5.04. The van der Waals surface area contributed by atoms with Crippen molar-refractivity contribution in [2.24, 2.45) is 0 Å². The largest absolute Gasteiger partial charge is 0.277 e. The Morgan fingerprint density at radius 1 is 0.938 bits per heavy atom. The third-order valence-corrected chi connectivity index (χ3v) is 2.90. The van der Waals surface area contributed by atoms with Crippen LogP contribution in [0.3, 0.4) is 0 Å². The summed E-state index contributed by atoms with van der Waals surface area (Å²) in [6.45, 7) is 0. The highest BCUT2D eigenvalue weighted by Gasteiger charge is 2.10. The molecule has 3 heteroatoms. The molecule has 0 aliphatic carbocycles. The molecule has 3 aromatic rings. The van der Waals surface area contributed by atoms with Gasteiger partial charge in [0.15, 0.2) is 0 Å². The Labute approximate surface area is 97.9 Å². The number of hydrogen-bond acceptors (Lipinski definition) is 1. The highest BCUT2D eigenvalue weighted by atomic mass is 35.5. The van der Waals surface area contributed by atoms with Crippen LogP contribution in [0.25, 0.3) is 22.2 Å². The van der Waals surface area contributed by atoms with E-state index in [4.69, 9.17) is 11.6 Å². The summed E-state index contributed by atoms with van der Waals surface area (Å²) in [5.41, 5.74) is 2.94. The zero-order valence-electron chi connectivity index (χ0n) is 8.44. The molecule has 0 spiro atoms.